The first-order chi connectivity index (χ1) is 6.22. The third-order valence-corrected chi connectivity index (χ3v) is 1.72. The Morgan fingerprint density at radius 1 is 1.54 bits per heavy atom. The zero-order valence-electron chi connectivity index (χ0n) is 7.92. The third kappa shape index (κ3) is 6.12. The summed E-state index contributed by atoms with van der Waals surface area (Å²) in [6.45, 7) is 2.36. The van der Waals surface area contributed by atoms with Crippen molar-refractivity contribution in [3.05, 3.63) is 0 Å². The van der Waals surface area contributed by atoms with Crippen LogP contribution in [0.5, 0.6) is 0 Å². The standard InChI is InChI=1S/C9H16N2O2/c1-8(7-10)9(13)11-5-3-2-4-6-12/h8,12H,2-6H2,1H3,(H,11,13). The van der Waals surface area contributed by atoms with E-state index in [-0.39, 0.29) is 12.5 Å². The van der Waals surface area contributed by atoms with Crippen molar-refractivity contribution in [2.45, 2.75) is 26.2 Å². The molecule has 2 N–H and O–H groups in total. The number of carbonyl (C=O) groups excluding carboxylic acids is 1. The monoisotopic (exact) mass is 184 g/mol. The zero-order valence-corrected chi connectivity index (χ0v) is 7.92. The molecule has 0 radical (unpaired) electrons. The van der Waals surface area contributed by atoms with E-state index in [2.05, 4.69) is 5.32 Å². The average Bonchev–Trinajstić information content (AvgIpc) is 2.16. The maximum absolute atomic E-state index is 11.0. The number of nitriles is 1. The Kier molecular flexibility index (Phi) is 6.93. The zero-order chi connectivity index (χ0) is 10.1. The minimum atomic E-state index is -0.571. The van der Waals surface area contributed by atoms with Crippen LogP contribution in [0.15, 0.2) is 0 Å². The Morgan fingerprint density at radius 3 is 2.77 bits per heavy atom. The van der Waals surface area contributed by atoms with Crippen LogP contribution in [0.3, 0.4) is 0 Å². The van der Waals surface area contributed by atoms with Crippen molar-refractivity contribution in [2.24, 2.45) is 5.92 Å². The van der Waals surface area contributed by atoms with Gasteiger partial charge in [-0.25, -0.2) is 0 Å². The minimum absolute atomic E-state index is 0.197. The largest absolute Gasteiger partial charge is 0.396 e. The predicted molar refractivity (Wildman–Crippen MR) is 48.7 cm³/mol. The van der Waals surface area contributed by atoms with Crippen molar-refractivity contribution in [3.63, 3.8) is 0 Å². The van der Waals surface area contributed by atoms with Gasteiger partial charge in [-0.2, -0.15) is 5.26 Å². The van der Waals surface area contributed by atoms with Crippen LogP contribution in [0.2, 0.25) is 0 Å². The smallest absolute Gasteiger partial charge is 0.237 e. The Bertz CT molecular complexity index is 187. The first-order valence-corrected chi connectivity index (χ1v) is 4.50. The topological polar surface area (TPSA) is 73.1 Å². The normalized spacial score (nSPS) is 11.8. The lowest BCUT2D eigenvalue weighted by atomic mass is 10.2. The van der Waals surface area contributed by atoms with Crippen LogP contribution in [0, 0.1) is 17.2 Å². The summed E-state index contributed by atoms with van der Waals surface area (Å²) < 4.78 is 0. The number of hydrogen-bond acceptors (Lipinski definition) is 3. The van der Waals surface area contributed by atoms with Crippen molar-refractivity contribution in [1.82, 2.24) is 5.32 Å². The molecule has 0 saturated heterocycles. The lowest BCUT2D eigenvalue weighted by molar-refractivity contribution is -0.122. The molecule has 74 valence electrons. The second kappa shape index (κ2) is 7.56. The van der Waals surface area contributed by atoms with Crippen LogP contribution in [0.1, 0.15) is 26.2 Å². The molecule has 0 aliphatic heterocycles. The summed E-state index contributed by atoms with van der Waals surface area (Å²) in [4.78, 5) is 11.0. The molecule has 0 aromatic heterocycles. The van der Waals surface area contributed by atoms with E-state index in [1.165, 1.54) is 0 Å². The summed E-state index contributed by atoms with van der Waals surface area (Å²) in [7, 11) is 0. The quantitative estimate of drug-likeness (QED) is 0.588. The van der Waals surface area contributed by atoms with Gasteiger partial charge in [0.25, 0.3) is 0 Å². The molecule has 13 heavy (non-hydrogen) atoms. The molecule has 4 heteroatoms. The SMILES string of the molecule is CC(C#N)C(=O)NCCCCCO. The Morgan fingerprint density at radius 2 is 2.23 bits per heavy atom. The van der Waals surface area contributed by atoms with Gasteiger partial charge < -0.3 is 10.4 Å². The number of aliphatic hydroxyl groups is 1. The van der Waals surface area contributed by atoms with Crippen LogP contribution in [0.25, 0.3) is 0 Å². The summed E-state index contributed by atoms with van der Waals surface area (Å²) in [6, 6.07) is 1.86. The predicted octanol–water partition coefficient (Wildman–Crippen LogP) is 0.425. The summed E-state index contributed by atoms with van der Waals surface area (Å²) in [6.07, 6.45) is 2.52. The average molecular weight is 184 g/mol. The summed E-state index contributed by atoms with van der Waals surface area (Å²) >= 11 is 0. The molecule has 1 amide bonds. The van der Waals surface area contributed by atoms with Crippen LogP contribution >= 0.6 is 0 Å². The van der Waals surface area contributed by atoms with Crippen molar-refractivity contribution >= 4 is 5.91 Å². The molecule has 0 bridgehead atoms. The summed E-state index contributed by atoms with van der Waals surface area (Å²) in [5.41, 5.74) is 0. The van der Waals surface area contributed by atoms with E-state index in [1.54, 1.807) is 6.92 Å². The molecular formula is C9H16N2O2. The first kappa shape index (κ1) is 11.9. The second-order valence-corrected chi connectivity index (χ2v) is 2.93. The third-order valence-electron chi connectivity index (χ3n) is 1.72. The van der Waals surface area contributed by atoms with Gasteiger partial charge >= 0.3 is 0 Å². The lowest BCUT2D eigenvalue weighted by Gasteiger charge is -2.04. The number of aliphatic hydroxyl groups excluding tert-OH is 1. The van der Waals surface area contributed by atoms with Crippen molar-refractivity contribution in [1.29, 1.82) is 5.26 Å². The first-order valence-electron chi connectivity index (χ1n) is 4.50. The fraction of sp³-hybridized carbons (Fsp3) is 0.778. The molecular weight excluding hydrogens is 168 g/mol. The van der Waals surface area contributed by atoms with E-state index >= 15 is 0 Å². The molecule has 0 aliphatic rings. The van der Waals surface area contributed by atoms with Gasteiger partial charge in [0.1, 0.15) is 5.92 Å². The lowest BCUT2D eigenvalue weighted by Crippen LogP contribution is -2.29. The number of nitrogens with zero attached hydrogens (tertiary/aromatic N) is 1. The Labute approximate surface area is 78.6 Å². The molecule has 0 aromatic rings. The molecule has 0 aromatic carbocycles. The van der Waals surface area contributed by atoms with Crippen molar-refractivity contribution in [2.75, 3.05) is 13.2 Å². The van der Waals surface area contributed by atoms with Gasteiger partial charge in [-0.15, -0.1) is 0 Å². The molecule has 0 saturated carbocycles. The highest BCUT2D eigenvalue weighted by molar-refractivity contribution is 5.80. The molecule has 0 aliphatic carbocycles. The van der Waals surface area contributed by atoms with Gasteiger partial charge in [0, 0.05) is 13.2 Å². The molecule has 0 spiro atoms. The minimum Gasteiger partial charge on any atom is -0.396 e. The maximum atomic E-state index is 11.0. The molecule has 0 heterocycles. The van der Waals surface area contributed by atoms with Crippen LogP contribution in [-0.4, -0.2) is 24.2 Å². The summed E-state index contributed by atoms with van der Waals surface area (Å²) in [5, 5.41) is 19.5. The van der Waals surface area contributed by atoms with E-state index in [9.17, 15) is 4.79 Å². The Balaban J connectivity index is 3.33. The van der Waals surface area contributed by atoms with E-state index in [1.807, 2.05) is 6.07 Å². The molecule has 0 fully saturated rings. The van der Waals surface area contributed by atoms with Crippen molar-refractivity contribution in [3.8, 4) is 6.07 Å². The van der Waals surface area contributed by atoms with Gasteiger partial charge in [0.15, 0.2) is 0 Å². The highest BCUT2D eigenvalue weighted by Crippen LogP contribution is 1.94. The number of nitrogens with one attached hydrogen (secondary N) is 1. The second-order valence-electron chi connectivity index (χ2n) is 2.93. The number of amides is 1. The van der Waals surface area contributed by atoms with E-state index in [4.69, 9.17) is 10.4 Å². The van der Waals surface area contributed by atoms with Gasteiger partial charge in [-0.3, -0.25) is 4.79 Å². The summed E-state index contributed by atoms with van der Waals surface area (Å²) in [5.74, 6) is -0.788. The van der Waals surface area contributed by atoms with E-state index < -0.39 is 5.92 Å². The number of carbonyl (C=O) groups is 1. The van der Waals surface area contributed by atoms with Gasteiger partial charge in [0.05, 0.1) is 6.07 Å². The van der Waals surface area contributed by atoms with Crippen LogP contribution < -0.4 is 5.32 Å². The van der Waals surface area contributed by atoms with Gasteiger partial charge in [0.2, 0.25) is 5.91 Å². The fourth-order valence-corrected chi connectivity index (χ4v) is 0.837. The number of rotatable bonds is 6. The van der Waals surface area contributed by atoms with Crippen LogP contribution in [-0.2, 0) is 4.79 Å². The number of hydrogen-bond donors (Lipinski definition) is 2. The molecule has 1 atom stereocenters. The Hall–Kier alpha value is -1.08. The molecule has 0 rings (SSSR count). The highest BCUT2D eigenvalue weighted by Gasteiger charge is 2.09. The van der Waals surface area contributed by atoms with Gasteiger partial charge in [-0.1, -0.05) is 0 Å². The van der Waals surface area contributed by atoms with Crippen LogP contribution in [0.4, 0.5) is 0 Å². The van der Waals surface area contributed by atoms with Crippen molar-refractivity contribution < 1.29 is 9.90 Å². The maximum Gasteiger partial charge on any atom is 0.237 e. The van der Waals surface area contributed by atoms with E-state index in [0.717, 1.165) is 19.3 Å². The fourth-order valence-electron chi connectivity index (χ4n) is 0.837. The highest BCUT2D eigenvalue weighted by atomic mass is 16.2. The van der Waals surface area contributed by atoms with E-state index in [0.29, 0.717) is 6.54 Å². The number of unbranched alkanes of at least 4 members (excludes halogenated alkanes) is 2. The molecule has 1 unspecified atom stereocenters. The van der Waals surface area contributed by atoms with Gasteiger partial charge in [-0.05, 0) is 26.2 Å². The molecule has 4 nitrogen and oxygen atoms in total.